The number of piperidine rings is 1. The van der Waals surface area contributed by atoms with E-state index in [2.05, 4.69) is 0 Å². The lowest BCUT2D eigenvalue weighted by Crippen LogP contribution is -2.49. The van der Waals surface area contributed by atoms with Gasteiger partial charge in [-0.05, 0) is 18.3 Å². The summed E-state index contributed by atoms with van der Waals surface area (Å²) in [7, 11) is -3.15. The second-order valence-electron chi connectivity index (χ2n) is 5.81. The van der Waals surface area contributed by atoms with Crippen LogP contribution in [0.5, 0.6) is 0 Å². The molecular weight excluding hydrogens is 260 g/mol. The van der Waals surface area contributed by atoms with E-state index in [0.717, 1.165) is 19.3 Å². The molecule has 0 radical (unpaired) electrons. The molecule has 17 heavy (non-hydrogen) atoms. The molecule has 0 saturated carbocycles. The van der Waals surface area contributed by atoms with Crippen molar-refractivity contribution in [3.8, 4) is 0 Å². The predicted molar refractivity (Wildman–Crippen MR) is 73.9 cm³/mol. The first-order chi connectivity index (χ1) is 7.26. The van der Waals surface area contributed by atoms with E-state index >= 15 is 0 Å². The summed E-state index contributed by atoms with van der Waals surface area (Å²) in [6.45, 7) is 6.92. The molecule has 4 nitrogen and oxygen atoms in total. The Balaban J connectivity index is 0.00000256. The predicted octanol–water partition coefficient (Wildman–Crippen LogP) is 1.60. The maximum atomic E-state index is 12.2. The van der Waals surface area contributed by atoms with Crippen LogP contribution in [0.1, 0.15) is 40.0 Å². The molecule has 1 fully saturated rings. The Labute approximate surface area is 111 Å². The Bertz CT molecular complexity index is 325. The fourth-order valence-corrected chi connectivity index (χ4v) is 4.52. The van der Waals surface area contributed by atoms with Crippen LogP contribution < -0.4 is 5.73 Å². The number of halogens is 1. The van der Waals surface area contributed by atoms with E-state index in [4.69, 9.17) is 5.73 Å². The molecule has 1 aliphatic rings. The van der Waals surface area contributed by atoms with Crippen molar-refractivity contribution in [1.29, 1.82) is 0 Å². The van der Waals surface area contributed by atoms with Crippen LogP contribution >= 0.6 is 12.4 Å². The van der Waals surface area contributed by atoms with Gasteiger partial charge in [-0.1, -0.05) is 27.2 Å². The molecule has 0 aromatic rings. The normalized spacial score (nSPS) is 23.2. The summed E-state index contributed by atoms with van der Waals surface area (Å²) in [6.07, 6.45) is 2.95. The first-order valence-electron chi connectivity index (χ1n) is 5.96. The Morgan fingerprint density at radius 3 is 2.35 bits per heavy atom. The summed E-state index contributed by atoms with van der Waals surface area (Å²) in [6, 6.07) is 0.0149. The zero-order chi connectivity index (χ0) is 12.4. The molecule has 0 bridgehead atoms. The lowest BCUT2D eigenvalue weighted by Gasteiger charge is -2.35. The van der Waals surface area contributed by atoms with Gasteiger partial charge in [0.15, 0.2) is 0 Å². The van der Waals surface area contributed by atoms with Crippen molar-refractivity contribution in [2.75, 3.05) is 18.8 Å². The second kappa shape index (κ2) is 6.36. The average Bonchev–Trinajstić information content (AvgIpc) is 2.14. The smallest absolute Gasteiger partial charge is 0.214 e. The van der Waals surface area contributed by atoms with Crippen molar-refractivity contribution in [3.05, 3.63) is 0 Å². The van der Waals surface area contributed by atoms with Crippen molar-refractivity contribution >= 4 is 22.4 Å². The molecule has 1 atom stereocenters. The molecular formula is C11H25ClN2O2S. The van der Waals surface area contributed by atoms with E-state index in [9.17, 15) is 8.42 Å². The van der Waals surface area contributed by atoms with Crippen LogP contribution in [0.2, 0.25) is 0 Å². The van der Waals surface area contributed by atoms with Crippen LogP contribution in [0.4, 0.5) is 0 Å². The van der Waals surface area contributed by atoms with Crippen LogP contribution in [-0.4, -0.2) is 37.6 Å². The maximum absolute atomic E-state index is 12.2. The molecule has 1 saturated heterocycles. The van der Waals surface area contributed by atoms with Crippen LogP contribution in [0.3, 0.4) is 0 Å². The zero-order valence-electron chi connectivity index (χ0n) is 11.0. The quantitative estimate of drug-likeness (QED) is 0.856. The molecule has 1 heterocycles. The van der Waals surface area contributed by atoms with E-state index in [0.29, 0.717) is 13.1 Å². The van der Waals surface area contributed by atoms with E-state index in [-0.39, 0.29) is 29.6 Å². The van der Waals surface area contributed by atoms with Gasteiger partial charge < -0.3 is 5.73 Å². The van der Waals surface area contributed by atoms with Gasteiger partial charge in [0.2, 0.25) is 10.0 Å². The minimum absolute atomic E-state index is 0. The molecule has 0 aromatic heterocycles. The average molecular weight is 285 g/mol. The summed E-state index contributed by atoms with van der Waals surface area (Å²) in [5.41, 5.74) is 5.45. The highest BCUT2D eigenvalue weighted by atomic mass is 35.5. The molecule has 6 heteroatoms. The first kappa shape index (κ1) is 17.2. The van der Waals surface area contributed by atoms with Gasteiger partial charge in [0.1, 0.15) is 0 Å². The lowest BCUT2D eigenvalue weighted by molar-refractivity contribution is 0.254. The summed E-state index contributed by atoms with van der Waals surface area (Å²) >= 11 is 0. The Hall–Kier alpha value is 0.160. The van der Waals surface area contributed by atoms with Crippen LogP contribution in [0, 0.1) is 5.41 Å². The van der Waals surface area contributed by atoms with Gasteiger partial charge >= 0.3 is 0 Å². The fourth-order valence-electron chi connectivity index (χ4n) is 2.21. The maximum Gasteiger partial charge on any atom is 0.214 e. The molecule has 1 unspecified atom stereocenters. The number of hydrogen-bond donors (Lipinski definition) is 1. The number of nitrogens with zero attached hydrogens (tertiary/aromatic N) is 1. The number of hydrogen-bond acceptors (Lipinski definition) is 3. The SMILES string of the molecule is CC(C)(C)CS(=O)(=O)N1CCCCC1CN.Cl. The molecule has 1 rings (SSSR count). The Morgan fingerprint density at radius 1 is 1.29 bits per heavy atom. The van der Waals surface area contributed by atoms with Gasteiger partial charge in [0.05, 0.1) is 5.75 Å². The summed E-state index contributed by atoms with van der Waals surface area (Å²) in [5, 5.41) is 0. The van der Waals surface area contributed by atoms with Gasteiger partial charge in [0, 0.05) is 19.1 Å². The van der Waals surface area contributed by atoms with Crippen LogP contribution in [-0.2, 0) is 10.0 Å². The van der Waals surface area contributed by atoms with Gasteiger partial charge in [0.25, 0.3) is 0 Å². The Kier molecular flexibility index (Phi) is 6.42. The zero-order valence-corrected chi connectivity index (χ0v) is 12.6. The molecule has 104 valence electrons. The molecule has 0 aromatic carbocycles. The monoisotopic (exact) mass is 284 g/mol. The fraction of sp³-hybridized carbons (Fsp3) is 1.00. The first-order valence-corrected chi connectivity index (χ1v) is 7.57. The summed E-state index contributed by atoms with van der Waals surface area (Å²) < 4.78 is 26.1. The standard InChI is InChI=1S/C11H24N2O2S.ClH/c1-11(2,3)9-16(14,15)13-7-5-4-6-10(13)8-12;/h10H,4-9,12H2,1-3H3;1H. The molecule has 0 aliphatic carbocycles. The molecule has 2 N–H and O–H groups in total. The minimum Gasteiger partial charge on any atom is -0.329 e. The summed E-state index contributed by atoms with van der Waals surface area (Å²) in [5.74, 6) is 0.205. The van der Waals surface area contributed by atoms with E-state index in [1.54, 1.807) is 4.31 Å². The van der Waals surface area contributed by atoms with Crippen LogP contribution in [0.15, 0.2) is 0 Å². The Morgan fingerprint density at radius 2 is 1.88 bits per heavy atom. The third-order valence-corrected chi connectivity index (χ3v) is 5.24. The highest BCUT2D eigenvalue weighted by Gasteiger charge is 2.33. The van der Waals surface area contributed by atoms with Crippen molar-refractivity contribution in [2.45, 2.75) is 46.1 Å². The number of nitrogens with two attached hydrogens (primary N) is 1. The highest BCUT2D eigenvalue weighted by molar-refractivity contribution is 7.89. The third kappa shape index (κ3) is 5.12. The highest BCUT2D eigenvalue weighted by Crippen LogP contribution is 2.24. The van der Waals surface area contributed by atoms with E-state index < -0.39 is 10.0 Å². The van der Waals surface area contributed by atoms with Crippen molar-refractivity contribution < 1.29 is 8.42 Å². The van der Waals surface area contributed by atoms with Crippen molar-refractivity contribution in [2.24, 2.45) is 11.1 Å². The minimum atomic E-state index is -3.15. The largest absolute Gasteiger partial charge is 0.329 e. The van der Waals surface area contributed by atoms with Gasteiger partial charge in [-0.15, -0.1) is 12.4 Å². The van der Waals surface area contributed by atoms with Gasteiger partial charge in [-0.3, -0.25) is 0 Å². The number of rotatable bonds is 3. The topological polar surface area (TPSA) is 63.4 Å². The number of sulfonamides is 1. The molecule has 1 aliphatic heterocycles. The second-order valence-corrected chi connectivity index (χ2v) is 7.73. The third-order valence-electron chi connectivity index (χ3n) is 2.82. The van der Waals surface area contributed by atoms with E-state index in [1.807, 2.05) is 20.8 Å². The van der Waals surface area contributed by atoms with Crippen LogP contribution in [0.25, 0.3) is 0 Å². The molecule has 0 amide bonds. The summed E-state index contributed by atoms with van der Waals surface area (Å²) in [4.78, 5) is 0. The molecule has 0 spiro atoms. The lowest BCUT2D eigenvalue weighted by atomic mass is 10.0. The van der Waals surface area contributed by atoms with Gasteiger partial charge in [-0.25, -0.2) is 8.42 Å². The van der Waals surface area contributed by atoms with E-state index in [1.165, 1.54) is 0 Å². The van der Waals surface area contributed by atoms with Gasteiger partial charge in [-0.2, -0.15) is 4.31 Å². The van der Waals surface area contributed by atoms with Crippen molar-refractivity contribution in [3.63, 3.8) is 0 Å². The van der Waals surface area contributed by atoms with Crippen molar-refractivity contribution in [1.82, 2.24) is 4.31 Å².